The van der Waals surface area contributed by atoms with Crippen molar-refractivity contribution in [3.8, 4) is 22.8 Å². The zero-order chi connectivity index (χ0) is 30.2. The Kier molecular flexibility index (Phi) is 9.61. The van der Waals surface area contributed by atoms with E-state index in [1.165, 1.54) is 20.2 Å². The van der Waals surface area contributed by atoms with Crippen LogP contribution < -0.4 is 25.5 Å². The van der Waals surface area contributed by atoms with Crippen molar-refractivity contribution in [1.29, 1.82) is 0 Å². The molecule has 0 bridgehead atoms. The summed E-state index contributed by atoms with van der Waals surface area (Å²) in [5.41, 5.74) is 5.23. The first kappa shape index (κ1) is 29.9. The van der Waals surface area contributed by atoms with E-state index in [1.807, 2.05) is 0 Å². The average molecular weight is 577 g/mol. The van der Waals surface area contributed by atoms with Crippen LogP contribution in [0.1, 0.15) is 48.5 Å². The summed E-state index contributed by atoms with van der Waals surface area (Å²) in [6.07, 6.45) is 0.253. The molecule has 0 aliphatic carbocycles. The molecule has 1 aliphatic rings. The molecule has 2 heterocycles. The number of esters is 1. The number of nitrogens with zero attached hydrogens (tertiary/aromatic N) is 1. The minimum absolute atomic E-state index is 0.0116. The van der Waals surface area contributed by atoms with Crippen molar-refractivity contribution in [2.24, 2.45) is 5.10 Å². The Morgan fingerprint density at radius 3 is 2.57 bits per heavy atom. The van der Waals surface area contributed by atoms with Gasteiger partial charge < -0.3 is 34.4 Å². The van der Waals surface area contributed by atoms with Gasteiger partial charge in [-0.25, -0.2) is 9.59 Å². The van der Waals surface area contributed by atoms with E-state index in [4.69, 9.17) is 18.6 Å². The Labute approximate surface area is 242 Å². The van der Waals surface area contributed by atoms with E-state index >= 15 is 0 Å². The number of urea groups is 1. The summed E-state index contributed by atoms with van der Waals surface area (Å²) in [7, 11) is 1.27. The molecule has 0 fully saturated rings. The lowest BCUT2D eigenvalue weighted by atomic mass is 9.95. The topological polar surface area (TPSA) is 161 Å². The summed E-state index contributed by atoms with van der Waals surface area (Å²) in [4.78, 5) is 36.0. The molecule has 0 saturated heterocycles. The number of Topliss-reactive ketones (excluding diaryl/α,β-unsaturated/α-hetero) is 1. The number of aliphatic hydroxyl groups is 1. The maximum atomic E-state index is 12.4. The predicted molar refractivity (Wildman–Crippen MR) is 153 cm³/mol. The lowest BCUT2D eigenvalue weighted by Crippen LogP contribution is -2.45. The van der Waals surface area contributed by atoms with Gasteiger partial charge >= 0.3 is 12.0 Å². The number of benzene rings is 2. The zero-order valence-electron chi connectivity index (χ0n) is 23.6. The van der Waals surface area contributed by atoms with Gasteiger partial charge in [-0.1, -0.05) is 30.3 Å². The molecule has 220 valence electrons. The smallest absolute Gasteiger partial charge is 0.337 e. The van der Waals surface area contributed by atoms with Gasteiger partial charge in [0.05, 0.1) is 31.5 Å². The molecule has 3 aromatic rings. The number of carbonyl (C=O) groups is 3. The van der Waals surface area contributed by atoms with E-state index in [9.17, 15) is 19.5 Å². The number of carbonyl (C=O) groups excluding carboxylic acids is 3. The van der Waals surface area contributed by atoms with Crippen LogP contribution in [0.3, 0.4) is 0 Å². The van der Waals surface area contributed by atoms with Crippen molar-refractivity contribution in [3.63, 3.8) is 0 Å². The van der Waals surface area contributed by atoms with Crippen LogP contribution in [0.5, 0.6) is 11.5 Å². The van der Waals surface area contributed by atoms with Gasteiger partial charge in [0.15, 0.2) is 23.5 Å². The van der Waals surface area contributed by atoms with Crippen molar-refractivity contribution in [2.45, 2.75) is 33.0 Å². The highest BCUT2D eigenvalue weighted by Gasteiger charge is 2.32. The van der Waals surface area contributed by atoms with Crippen LogP contribution in [0.25, 0.3) is 11.3 Å². The van der Waals surface area contributed by atoms with Gasteiger partial charge in [-0.05, 0) is 50.6 Å². The second-order valence-corrected chi connectivity index (χ2v) is 9.25. The molecule has 0 saturated carbocycles. The first-order valence-corrected chi connectivity index (χ1v) is 13.1. The number of hydrogen-bond acceptors (Lipinski definition) is 10. The van der Waals surface area contributed by atoms with Crippen molar-refractivity contribution in [2.75, 3.05) is 20.3 Å². The molecule has 1 aromatic heterocycles. The minimum atomic E-state index is -1.16. The van der Waals surface area contributed by atoms with Gasteiger partial charge in [-0.2, -0.15) is 5.10 Å². The van der Waals surface area contributed by atoms with Gasteiger partial charge in [-0.15, -0.1) is 0 Å². The number of methoxy groups -OCH3 is 1. The molecule has 1 aliphatic heterocycles. The third kappa shape index (κ3) is 7.15. The average Bonchev–Trinajstić information content (AvgIpc) is 3.45. The van der Waals surface area contributed by atoms with Crippen molar-refractivity contribution < 1.29 is 38.1 Å². The number of allylic oxidation sites excluding steroid dienone is 1. The molecule has 4 N–H and O–H groups in total. The Bertz CT molecular complexity index is 1510. The summed E-state index contributed by atoms with van der Waals surface area (Å²) in [6, 6.07) is 14.3. The largest absolute Gasteiger partial charge is 0.490 e. The van der Waals surface area contributed by atoms with Crippen LogP contribution in [0.4, 0.5) is 4.79 Å². The van der Waals surface area contributed by atoms with Gasteiger partial charge in [0.25, 0.3) is 0 Å². The predicted octanol–water partition coefficient (Wildman–Crippen LogP) is 3.67. The SMILES string of the molecule is CCOc1cc([C@H]2NC(=O)NC(C)=C2C(=O)OC)ccc1OC[C@@H](O)N/N=C/c1ccc(-c2ccc(C(C)=O)cc2)o1. The first-order valence-electron chi connectivity index (χ1n) is 13.1. The van der Waals surface area contributed by atoms with Gasteiger partial charge in [-0.3, -0.25) is 10.2 Å². The second-order valence-electron chi connectivity index (χ2n) is 9.25. The maximum absolute atomic E-state index is 12.4. The highest BCUT2D eigenvalue weighted by Crippen LogP contribution is 2.35. The molecule has 12 heteroatoms. The normalized spacial score (nSPS) is 15.5. The van der Waals surface area contributed by atoms with E-state index in [2.05, 4.69) is 21.2 Å². The molecule has 0 radical (unpaired) electrons. The number of aliphatic hydroxyl groups excluding tert-OH is 1. The van der Waals surface area contributed by atoms with E-state index in [0.29, 0.717) is 46.5 Å². The van der Waals surface area contributed by atoms with Crippen molar-refractivity contribution in [3.05, 3.63) is 82.8 Å². The molecule has 4 rings (SSSR count). The van der Waals surface area contributed by atoms with Crippen LogP contribution in [-0.4, -0.2) is 55.7 Å². The third-order valence-electron chi connectivity index (χ3n) is 6.29. The monoisotopic (exact) mass is 576 g/mol. The fourth-order valence-corrected chi connectivity index (χ4v) is 4.26. The second kappa shape index (κ2) is 13.5. The molecule has 0 spiro atoms. The number of amides is 2. The molecule has 42 heavy (non-hydrogen) atoms. The number of rotatable bonds is 12. The molecule has 12 nitrogen and oxygen atoms in total. The van der Waals surface area contributed by atoms with Crippen LogP contribution in [0.2, 0.25) is 0 Å². The van der Waals surface area contributed by atoms with E-state index in [0.717, 1.165) is 5.56 Å². The quantitative estimate of drug-likeness (QED) is 0.0829. The molecule has 0 unspecified atom stereocenters. The number of hydrogen-bond donors (Lipinski definition) is 4. The highest BCUT2D eigenvalue weighted by molar-refractivity contribution is 5.95. The van der Waals surface area contributed by atoms with Crippen molar-refractivity contribution in [1.82, 2.24) is 16.1 Å². The van der Waals surface area contributed by atoms with Crippen LogP contribution in [-0.2, 0) is 9.53 Å². The van der Waals surface area contributed by atoms with Gasteiger partial charge in [0.1, 0.15) is 18.1 Å². The van der Waals surface area contributed by atoms with E-state index in [1.54, 1.807) is 68.4 Å². The highest BCUT2D eigenvalue weighted by atomic mass is 16.5. The number of furan rings is 1. The fraction of sp³-hybridized carbons (Fsp3) is 0.267. The van der Waals surface area contributed by atoms with Crippen molar-refractivity contribution >= 4 is 24.0 Å². The summed E-state index contributed by atoms with van der Waals surface area (Å²) >= 11 is 0. The summed E-state index contributed by atoms with van der Waals surface area (Å²) in [6.45, 7) is 5.10. The zero-order valence-corrected chi connectivity index (χ0v) is 23.6. The fourth-order valence-electron chi connectivity index (χ4n) is 4.26. The minimum Gasteiger partial charge on any atom is -0.490 e. The van der Waals surface area contributed by atoms with Crippen LogP contribution >= 0.6 is 0 Å². The van der Waals surface area contributed by atoms with E-state index in [-0.39, 0.29) is 18.0 Å². The molecule has 2 aromatic carbocycles. The lowest BCUT2D eigenvalue weighted by Gasteiger charge is -2.28. The third-order valence-corrected chi connectivity index (χ3v) is 6.29. The Balaban J connectivity index is 1.38. The molecule has 2 atom stereocenters. The van der Waals surface area contributed by atoms with Crippen LogP contribution in [0, 0.1) is 0 Å². The maximum Gasteiger partial charge on any atom is 0.337 e. The van der Waals surface area contributed by atoms with Gasteiger partial charge in [0, 0.05) is 16.8 Å². The molecule has 2 amide bonds. The number of ether oxygens (including phenoxy) is 3. The molecular formula is C30H32N4O8. The lowest BCUT2D eigenvalue weighted by molar-refractivity contribution is -0.136. The summed E-state index contributed by atoms with van der Waals surface area (Å²) < 4.78 is 22.1. The van der Waals surface area contributed by atoms with Gasteiger partial charge in [0.2, 0.25) is 0 Å². The number of nitrogens with one attached hydrogen (secondary N) is 3. The summed E-state index contributed by atoms with van der Waals surface area (Å²) in [5.74, 6) is 1.18. The molecular weight excluding hydrogens is 544 g/mol. The Morgan fingerprint density at radius 1 is 1.12 bits per heavy atom. The standard InChI is InChI=1S/C30H32N4O8/c1-5-40-25-14-21(28-27(29(37)39-4)17(2)32-30(38)33-28)10-12-24(25)41-16-26(36)34-31-15-22-11-13-23(42-22)20-8-6-19(7-9-20)18(3)35/h6-15,26,28,34,36H,5,16H2,1-4H3,(H2,32,33,38)/b31-15+/t26-,28-/m1/s1. The summed E-state index contributed by atoms with van der Waals surface area (Å²) in [5, 5.41) is 19.7. The Morgan fingerprint density at radius 2 is 1.88 bits per heavy atom. The first-order chi connectivity index (χ1) is 20.2. The van der Waals surface area contributed by atoms with Crippen LogP contribution in [0.15, 0.2) is 75.4 Å². The number of hydrazone groups is 1. The Hall–Kier alpha value is -5.10. The van der Waals surface area contributed by atoms with E-state index < -0.39 is 24.3 Å². The number of ketones is 1.